The molecule has 18 nitrogen and oxygen atoms in total. The van der Waals surface area contributed by atoms with Crippen molar-refractivity contribution in [3.05, 3.63) is 107 Å². The van der Waals surface area contributed by atoms with E-state index in [1.54, 1.807) is 7.11 Å². The Hall–Kier alpha value is -6.24. The zero-order chi connectivity index (χ0) is 59.7. The van der Waals surface area contributed by atoms with Crippen molar-refractivity contribution in [3.8, 4) is 0 Å². The summed E-state index contributed by atoms with van der Waals surface area (Å²) in [5.74, 6) is 2.24. The van der Waals surface area contributed by atoms with Gasteiger partial charge in [-0.1, -0.05) is 69.5 Å². The molecule has 4 saturated carbocycles. The van der Waals surface area contributed by atoms with Crippen molar-refractivity contribution in [2.45, 2.75) is 167 Å². The van der Waals surface area contributed by atoms with Gasteiger partial charge in [-0.25, -0.2) is 19.6 Å². The number of ketones is 1. The minimum absolute atomic E-state index is 0. The Bertz CT molecular complexity index is 3090. The zero-order valence-corrected chi connectivity index (χ0v) is 51.9. The fraction of sp³-hybridized carbons (Fsp3) is 0.647. The number of pyridine rings is 2. The van der Waals surface area contributed by atoms with Gasteiger partial charge in [0.15, 0.2) is 5.78 Å². The van der Waals surface area contributed by atoms with Gasteiger partial charge in [0.05, 0.1) is 48.7 Å². The third-order valence-corrected chi connectivity index (χ3v) is 20.2. The summed E-state index contributed by atoms with van der Waals surface area (Å²) in [4.78, 5) is 79.9. The second-order valence-electron chi connectivity index (χ2n) is 27.1. The number of hydrogen-bond acceptors (Lipinski definition) is 14. The maximum absolute atomic E-state index is 13.5. The minimum atomic E-state index is -0.305. The van der Waals surface area contributed by atoms with Gasteiger partial charge in [-0.05, 0) is 138 Å². The van der Waals surface area contributed by atoms with Crippen LogP contribution in [0.25, 0.3) is 12.2 Å². The van der Waals surface area contributed by atoms with E-state index in [-0.39, 0.29) is 79.2 Å². The number of methoxy groups -OCH3 is 1. The number of carbonyl (C=O) groups excluding carboxylic acids is 4. The first-order valence-electron chi connectivity index (χ1n) is 31.8. The van der Waals surface area contributed by atoms with Gasteiger partial charge in [0.1, 0.15) is 17.8 Å². The van der Waals surface area contributed by atoms with Crippen LogP contribution in [-0.2, 0) is 42.6 Å². The van der Waals surface area contributed by atoms with E-state index in [0.717, 1.165) is 111 Å². The van der Waals surface area contributed by atoms with Crippen molar-refractivity contribution >= 4 is 36.1 Å². The number of imidazole rings is 2. The maximum atomic E-state index is 13.5. The lowest BCUT2D eigenvalue weighted by Gasteiger charge is -2.47. The Balaban J connectivity index is 0.000000189. The van der Waals surface area contributed by atoms with Crippen molar-refractivity contribution < 1.29 is 38.1 Å². The van der Waals surface area contributed by atoms with Crippen molar-refractivity contribution in [3.63, 3.8) is 0 Å². The van der Waals surface area contributed by atoms with Crippen molar-refractivity contribution in [2.24, 2.45) is 49.6 Å². The van der Waals surface area contributed by atoms with Crippen LogP contribution in [0.15, 0.2) is 72.9 Å². The molecule has 6 fully saturated rings. The number of rotatable bonds is 15. The lowest BCUT2D eigenvalue weighted by molar-refractivity contribution is -0.150. The SMILES string of the molecule is C.CC1CCC2C(C1)C([C@@H](CC(=O)OC1(C)CC1)c1cncn1C)=Cc1cccnc1[C@H]2N1CCN(C(=O)OC2(C)CC2)CC1.COCC(=O)C[C@H](C1=Cc2cccnc2[C@@H](N2CCN(C(=O)OC(C)C)CC2)C2CCC(C)CC12)c1cncn1C. The minimum Gasteiger partial charge on any atom is -0.459 e. The number of Topliss-reactive ketones (excluding diaryl/α,β-unsaturated/α-hetero) is 1. The van der Waals surface area contributed by atoms with E-state index in [2.05, 4.69) is 67.0 Å². The van der Waals surface area contributed by atoms with Crippen LogP contribution in [0.2, 0.25) is 0 Å². The Kier molecular flexibility index (Phi) is 19.4. The van der Waals surface area contributed by atoms with E-state index in [0.29, 0.717) is 74.5 Å². The Morgan fingerprint density at radius 3 is 1.51 bits per heavy atom. The number of aryl methyl sites for hydroxylation is 2. The fourth-order valence-corrected chi connectivity index (χ4v) is 15.1. The maximum Gasteiger partial charge on any atom is 0.410 e. The molecule has 86 heavy (non-hydrogen) atoms. The van der Waals surface area contributed by atoms with Crippen LogP contribution in [-0.4, -0.2) is 156 Å². The number of piperazine rings is 2. The van der Waals surface area contributed by atoms with Gasteiger partial charge in [0.25, 0.3) is 0 Å². The highest BCUT2D eigenvalue weighted by Gasteiger charge is 2.49. The Morgan fingerprint density at radius 2 is 1.08 bits per heavy atom. The molecule has 2 saturated heterocycles. The van der Waals surface area contributed by atoms with Crippen LogP contribution in [0.5, 0.6) is 0 Å². The highest BCUT2D eigenvalue weighted by Crippen LogP contribution is 2.55. The van der Waals surface area contributed by atoms with Crippen LogP contribution in [0.1, 0.15) is 184 Å². The van der Waals surface area contributed by atoms with Gasteiger partial charge in [-0.15, -0.1) is 0 Å². The molecule has 2 amide bonds. The van der Waals surface area contributed by atoms with Gasteiger partial charge in [-0.2, -0.15) is 0 Å². The summed E-state index contributed by atoms with van der Waals surface area (Å²) in [6, 6.07) is 8.67. The normalized spacial score (nSPS) is 27.2. The molecule has 0 spiro atoms. The molecule has 0 aromatic carbocycles. The van der Waals surface area contributed by atoms with E-state index in [4.69, 9.17) is 28.9 Å². The molecule has 4 aromatic heterocycles. The average Bonchev–Trinajstić information content (AvgIpc) is 1.71. The van der Waals surface area contributed by atoms with Gasteiger partial charge in [-0.3, -0.25) is 29.4 Å². The molecule has 8 aliphatic rings. The first kappa shape index (κ1) is 62.8. The highest BCUT2D eigenvalue weighted by atomic mass is 16.6. The van der Waals surface area contributed by atoms with Crippen molar-refractivity contribution in [1.29, 1.82) is 0 Å². The molecule has 466 valence electrons. The van der Waals surface area contributed by atoms with E-state index in [1.807, 2.05) is 101 Å². The third-order valence-electron chi connectivity index (χ3n) is 20.2. The number of amides is 2. The molecule has 0 radical (unpaired) electrons. The summed E-state index contributed by atoms with van der Waals surface area (Å²) in [7, 11) is 5.61. The zero-order valence-electron chi connectivity index (χ0n) is 51.9. The quantitative estimate of drug-likeness (QED) is 0.0810. The lowest BCUT2D eigenvalue weighted by atomic mass is 9.65. The molecule has 2 aliphatic heterocycles. The monoisotopic (exact) mass is 1180 g/mol. The van der Waals surface area contributed by atoms with E-state index in [9.17, 15) is 19.2 Å². The van der Waals surface area contributed by atoms with Gasteiger partial charge < -0.3 is 37.9 Å². The summed E-state index contributed by atoms with van der Waals surface area (Å²) in [5.41, 5.74) is 8.63. The molecular formula is C68H96N10O8. The largest absolute Gasteiger partial charge is 0.459 e. The molecule has 4 aromatic rings. The number of allylic oxidation sites excluding steroid dienone is 2. The second-order valence-corrected chi connectivity index (χ2v) is 27.1. The average molecular weight is 1180 g/mol. The first-order valence-corrected chi connectivity index (χ1v) is 31.8. The summed E-state index contributed by atoms with van der Waals surface area (Å²) in [5, 5.41) is 0. The molecule has 10 atom stereocenters. The number of carbonyl (C=O) groups is 4. The first-order chi connectivity index (χ1) is 40.9. The summed E-state index contributed by atoms with van der Waals surface area (Å²) < 4.78 is 26.6. The van der Waals surface area contributed by atoms with Crippen LogP contribution in [0.4, 0.5) is 9.59 Å². The van der Waals surface area contributed by atoms with Crippen LogP contribution < -0.4 is 0 Å². The van der Waals surface area contributed by atoms with Gasteiger partial charge in [0, 0.05) is 128 Å². The van der Waals surface area contributed by atoms with Crippen molar-refractivity contribution in [1.82, 2.24) is 48.7 Å². The highest BCUT2D eigenvalue weighted by molar-refractivity contribution is 5.81. The Morgan fingerprint density at radius 1 is 0.628 bits per heavy atom. The molecule has 6 heterocycles. The molecule has 18 heteroatoms. The molecule has 0 bridgehead atoms. The molecule has 12 rings (SSSR count). The number of nitrogens with zero attached hydrogens (tertiary/aromatic N) is 10. The summed E-state index contributed by atoms with van der Waals surface area (Å²) in [6.45, 7) is 18.4. The smallest absolute Gasteiger partial charge is 0.410 e. The second kappa shape index (κ2) is 26.6. The third kappa shape index (κ3) is 14.0. The van der Waals surface area contributed by atoms with Gasteiger partial charge >= 0.3 is 18.2 Å². The van der Waals surface area contributed by atoms with E-state index >= 15 is 0 Å². The fourth-order valence-electron chi connectivity index (χ4n) is 15.1. The molecule has 0 N–H and O–H groups in total. The molecule has 6 aliphatic carbocycles. The van der Waals surface area contributed by atoms with Crippen LogP contribution >= 0.6 is 0 Å². The predicted octanol–water partition coefficient (Wildman–Crippen LogP) is 11.4. The van der Waals surface area contributed by atoms with E-state index < -0.39 is 0 Å². The topological polar surface area (TPSA) is 180 Å². The van der Waals surface area contributed by atoms with E-state index in [1.165, 1.54) is 24.0 Å². The van der Waals surface area contributed by atoms with Crippen molar-refractivity contribution in [2.75, 3.05) is 66.1 Å². The Labute approximate surface area is 510 Å². The molecular weight excluding hydrogens is 1080 g/mol. The number of ether oxygens (including phenoxy) is 4. The summed E-state index contributed by atoms with van der Waals surface area (Å²) in [6.07, 6.45) is 26.6. The number of aromatic nitrogens is 6. The summed E-state index contributed by atoms with van der Waals surface area (Å²) >= 11 is 0. The standard InChI is InChI=1S/C35H47N5O4.C32H45N5O4.CH4/c1-23-7-8-25-26(18-23)27(28(29-21-36-22-38(29)4)20-30(41)43-34(2)9-10-34)19-24-6-5-13-37-31(24)32(25)39-14-16-40(17-15-39)33(42)44-35(3)11-12-35;1-21(2)41-32(39)37-13-11-36(12-14-37)31-25-9-8-22(3)15-26(25)27(16-23-7-6-10-34-30(23)31)28(17-24(38)19-40-5)29-18-33-20-35(29)4;/h5-6,13,19,21-23,25-26,28,32H,7-12,14-18,20H2,1-4H3;6-7,10,16,18,20-22,25-26,28,31H,8-9,11-15,17,19H2,1-5H3;1H4/t23?,25?,26?,28-,32+;22?,25?,26?,28-,31+;/m11./s1. The van der Waals surface area contributed by atoms with Crippen LogP contribution in [0, 0.1) is 35.5 Å². The number of fused-ring (bicyclic) bond motifs is 4. The number of hydrogen-bond donors (Lipinski definition) is 0. The van der Waals surface area contributed by atoms with Crippen LogP contribution in [0.3, 0.4) is 0 Å². The molecule has 6 unspecified atom stereocenters. The van der Waals surface area contributed by atoms with Gasteiger partial charge in [0.2, 0.25) is 0 Å². The predicted molar refractivity (Wildman–Crippen MR) is 330 cm³/mol. The lowest BCUT2D eigenvalue weighted by Crippen LogP contribution is -2.52. The number of esters is 1.